The zero-order chi connectivity index (χ0) is 19.9. The van der Waals surface area contributed by atoms with Gasteiger partial charge in [0.15, 0.2) is 5.71 Å². The van der Waals surface area contributed by atoms with Crippen LogP contribution in [0.2, 0.25) is 19.6 Å². The molecule has 1 amide bonds. The minimum absolute atomic E-state index is 0.0861. The molecule has 0 saturated carbocycles. The third-order valence-corrected chi connectivity index (χ3v) is 7.00. The third-order valence-electron chi connectivity index (χ3n) is 6.12. The molecule has 0 spiro atoms. The lowest BCUT2D eigenvalue weighted by molar-refractivity contribution is -0.116. The van der Waals surface area contributed by atoms with Crippen molar-refractivity contribution >= 4 is 25.4 Å². The lowest BCUT2D eigenvalue weighted by Gasteiger charge is -2.47. The summed E-state index contributed by atoms with van der Waals surface area (Å²) < 4.78 is 0. The second-order valence-electron chi connectivity index (χ2n) is 9.46. The summed E-state index contributed by atoms with van der Waals surface area (Å²) in [6, 6.07) is 1.42. The lowest BCUT2D eigenvalue weighted by Crippen LogP contribution is -2.56. The van der Waals surface area contributed by atoms with Crippen LogP contribution in [0.15, 0.2) is 33.5 Å². The Hall–Kier alpha value is -1.97. The van der Waals surface area contributed by atoms with Gasteiger partial charge in [0.25, 0.3) is 5.91 Å². The number of nitrogens with zero attached hydrogens (tertiary/aromatic N) is 3. The van der Waals surface area contributed by atoms with Crippen LogP contribution >= 0.6 is 0 Å². The average molecular weight is 395 g/mol. The molecular weight excluding hydrogens is 364 g/mol. The number of hydrogen-bond acceptors (Lipinski definition) is 4. The van der Waals surface area contributed by atoms with Crippen LogP contribution in [0.4, 0.5) is 0 Å². The van der Waals surface area contributed by atoms with Gasteiger partial charge in [-0.25, -0.2) is 0 Å². The molecule has 1 N–H and O–H groups in total. The Morgan fingerprint density at radius 2 is 1.93 bits per heavy atom. The van der Waals surface area contributed by atoms with E-state index in [0.717, 1.165) is 29.7 Å². The van der Waals surface area contributed by atoms with Crippen molar-refractivity contribution in [1.29, 1.82) is 0 Å². The van der Waals surface area contributed by atoms with Crippen molar-refractivity contribution in [2.24, 2.45) is 10.2 Å². The van der Waals surface area contributed by atoms with Crippen LogP contribution < -0.4 is 5.32 Å². The molecule has 2 unspecified atom stereocenters. The highest BCUT2D eigenvalue weighted by Gasteiger charge is 2.37. The fourth-order valence-electron chi connectivity index (χ4n) is 4.58. The third kappa shape index (κ3) is 4.06. The van der Waals surface area contributed by atoms with E-state index in [-0.39, 0.29) is 11.9 Å². The van der Waals surface area contributed by atoms with E-state index in [1.165, 1.54) is 19.3 Å². The summed E-state index contributed by atoms with van der Waals surface area (Å²) in [6.45, 7) is 6.70. The second-order valence-corrected chi connectivity index (χ2v) is 14.2. The number of amides is 1. The molecule has 2 fully saturated rings. The summed E-state index contributed by atoms with van der Waals surface area (Å²) in [4.78, 5) is 15.5. The number of carbonyl (C=O) groups is 1. The standard InChI is InChI=1S/C22H30N4OSi/c1-26-17-6-5-7-18(26)14-16(13-17)23-22(27)21-19-12-15(10-11-28(2,3)4)8-9-20(19)24-25-21/h8,12,16-18H,5-7,9,13-14H2,1-4H3,(H,23,27). The van der Waals surface area contributed by atoms with Crippen LogP contribution in [0.1, 0.15) is 38.5 Å². The first kappa shape index (κ1) is 19.3. The van der Waals surface area contributed by atoms with E-state index < -0.39 is 8.07 Å². The van der Waals surface area contributed by atoms with E-state index in [0.29, 0.717) is 24.2 Å². The van der Waals surface area contributed by atoms with Crippen molar-refractivity contribution in [1.82, 2.24) is 10.2 Å². The molecule has 2 atom stereocenters. The van der Waals surface area contributed by atoms with E-state index in [2.05, 4.69) is 64.6 Å². The van der Waals surface area contributed by atoms with Gasteiger partial charge in [0, 0.05) is 35.7 Å². The van der Waals surface area contributed by atoms with Crippen molar-refractivity contribution in [2.45, 2.75) is 76.3 Å². The molecule has 0 aromatic rings. The summed E-state index contributed by atoms with van der Waals surface area (Å²) >= 11 is 0. The Balaban J connectivity index is 1.45. The summed E-state index contributed by atoms with van der Waals surface area (Å²) in [5.74, 6) is 3.21. The van der Waals surface area contributed by atoms with Crippen molar-refractivity contribution in [3.63, 3.8) is 0 Å². The number of allylic oxidation sites excluding steroid dienone is 3. The van der Waals surface area contributed by atoms with Gasteiger partial charge in [-0.2, -0.15) is 5.10 Å². The molecule has 4 aliphatic rings. The Kier molecular flexibility index (Phi) is 5.15. The van der Waals surface area contributed by atoms with Gasteiger partial charge in [-0.15, -0.1) is 10.6 Å². The van der Waals surface area contributed by atoms with E-state index in [4.69, 9.17) is 0 Å². The van der Waals surface area contributed by atoms with Crippen molar-refractivity contribution in [3.8, 4) is 11.5 Å². The molecule has 0 aromatic heterocycles. The summed E-state index contributed by atoms with van der Waals surface area (Å²) in [7, 11) is 0.797. The topological polar surface area (TPSA) is 57.1 Å². The van der Waals surface area contributed by atoms with Gasteiger partial charge in [-0.05, 0) is 38.8 Å². The molecule has 6 heteroatoms. The quantitative estimate of drug-likeness (QED) is 0.578. The monoisotopic (exact) mass is 394 g/mol. The zero-order valence-corrected chi connectivity index (χ0v) is 18.4. The first-order valence-corrected chi connectivity index (χ1v) is 13.9. The highest BCUT2D eigenvalue weighted by atomic mass is 28.3. The molecule has 0 aromatic carbocycles. The van der Waals surface area contributed by atoms with Crippen LogP contribution in [0.5, 0.6) is 0 Å². The van der Waals surface area contributed by atoms with E-state index in [9.17, 15) is 4.79 Å². The van der Waals surface area contributed by atoms with Gasteiger partial charge in [-0.1, -0.05) is 38.1 Å². The van der Waals surface area contributed by atoms with Crippen LogP contribution in [-0.4, -0.2) is 55.5 Å². The molecule has 0 radical (unpaired) electrons. The van der Waals surface area contributed by atoms with Gasteiger partial charge < -0.3 is 10.2 Å². The van der Waals surface area contributed by atoms with E-state index in [1.807, 2.05) is 6.08 Å². The van der Waals surface area contributed by atoms with Gasteiger partial charge in [0.05, 0.1) is 5.71 Å². The van der Waals surface area contributed by atoms with Crippen molar-refractivity contribution in [3.05, 3.63) is 23.3 Å². The van der Waals surface area contributed by atoms with Gasteiger partial charge in [0.2, 0.25) is 0 Å². The smallest absolute Gasteiger partial charge is 0.272 e. The van der Waals surface area contributed by atoms with Gasteiger partial charge in [0.1, 0.15) is 8.07 Å². The molecule has 3 heterocycles. The van der Waals surface area contributed by atoms with E-state index >= 15 is 0 Å². The van der Waals surface area contributed by atoms with Crippen LogP contribution in [0.3, 0.4) is 0 Å². The predicted molar refractivity (Wildman–Crippen MR) is 117 cm³/mol. The van der Waals surface area contributed by atoms with Crippen molar-refractivity contribution < 1.29 is 4.79 Å². The molecular formula is C22H30N4OSi. The second kappa shape index (κ2) is 7.45. The summed E-state index contributed by atoms with van der Waals surface area (Å²) in [5, 5.41) is 11.7. The minimum Gasteiger partial charge on any atom is -0.348 e. The molecule has 2 bridgehead atoms. The number of piperidine rings is 2. The lowest BCUT2D eigenvalue weighted by atomic mass is 9.82. The fourth-order valence-corrected chi connectivity index (χ4v) is 5.10. The highest BCUT2D eigenvalue weighted by molar-refractivity contribution is 6.83. The average Bonchev–Trinajstić information content (AvgIpc) is 3.03. The fraction of sp³-hybridized carbons (Fsp3) is 0.591. The van der Waals surface area contributed by atoms with Gasteiger partial charge >= 0.3 is 0 Å². The number of fused-ring (bicyclic) bond motifs is 3. The number of rotatable bonds is 2. The normalized spacial score (nSPS) is 29.5. The number of nitrogens with one attached hydrogen (secondary N) is 1. The van der Waals surface area contributed by atoms with Crippen LogP contribution in [0.25, 0.3) is 0 Å². The first-order chi connectivity index (χ1) is 13.3. The summed E-state index contributed by atoms with van der Waals surface area (Å²) in [5.41, 5.74) is 6.57. The highest BCUT2D eigenvalue weighted by Crippen LogP contribution is 2.32. The molecule has 3 aliphatic heterocycles. The van der Waals surface area contributed by atoms with Crippen molar-refractivity contribution in [2.75, 3.05) is 7.05 Å². The predicted octanol–water partition coefficient (Wildman–Crippen LogP) is 3.07. The number of carbonyl (C=O) groups excluding carboxylic acids is 1. The maximum atomic E-state index is 13.0. The SMILES string of the molecule is CN1C2CCCC1CC(NC(=O)C1=NN=C3CC=C(C#C[Si](C)(C)C)C=C31)C2. The van der Waals surface area contributed by atoms with Gasteiger partial charge in [-0.3, -0.25) is 4.79 Å². The Bertz CT molecular complexity index is 851. The minimum atomic E-state index is -1.43. The molecule has 5 nitrogen and oxygen atoms in total. The maximum Gasteiger partial charge on any atom is 0.272 e. The molecule has 4 rings (SSSR count). The Morgan fingerprint density at radius 1 is 1.21 bits per heavy atom. The molecule has 28 heavy (non-hydrogen) atoms. The zero-order valence-electron chi connectivity index (χ0n) is 17.4. The molecule has 2 saturated heterocycles. The number of hydrogen-bond donors (Lipinski definition) is 1. The maximum absolute atomic E-state index is 13.0. The Labute approximate surface area is 169 Å². The van der Waals surface area contributed by atoms with Crippen LogP contribution in [0, 0.1) is 11.5 Å². The van der Waals surface area contributed by atoms with E-state index in [1.54, 1.807) is 0 Å². The molecule has 148 valence electrons. The van der Waals surface area contributed by atoms with Crippen LogP contribution in [-0.2, 0) is 4.79 Å². The summed E-state index contributed by atoms with van der Waals surface area (Å²) in [6.07, 6.45) is 10.6. The first-order valence-electron chi connectivity index (χ1n) is 10.4. The Morgan fingerprint density at radius 3 is 2.61 bits per heavy atom. The largest absolute Gasteiger partial charge is 0.348 e. The molecule has 1 aliphatic carbocycles.